The molecular weight excluding hydrogens is 480 g/mol. The zero-order valence-corrected chi connectivity index (χ0v) is 21.7. The highest BCUT2D eigenvalue weighted by Gasteiger charge is 2.63. The molecule has 0 radical (unpaired) electrons. The van der Waals surface area contributed by atoms with E-state index < -0.39 is 58.0 Å². The van der Waals surface area contributed by atoms with E-state index in [4.69, 9.17) is 10.5 Å². The number of carbonyl (C=O) groups excluding carboxylic acids is 3. The van der Waals surface area contributed by atoms with Crippen LogP contribution in [-0.4, -0.2) is 75.6 Å². The van der Waals surface area contributed by atoms with E-state index in [1.165, 1.54) is 12.0 Å². The van der Waals surface area contributed by atoms with Gasteiger partial charge in [-0.2, -0.15) is 0 Å². The second-order valence-corrected chi connectivity index (χ2v) is 10.9. The first-order chi connectivity index (χ1) is 17.3. The van der Waals surface area contributed by atoms with Crippen molar-refractivity contribution in [2.24, 2.45) is 23.5 Å². The van der Waals surface area contributed by atoms with Crippen LogP contribution in [0.5, 0.6) is 5.75 Å². The fraction of sp³-hybridized carbons (Fsp3) is 0.519. The largest absolute Gasteiger partial charge is 0.510 e. The van der Waals surface area contributed by atoms with Crippen molar-refractivity contribution in [3.8, 4) is 5.75 Å². The number of phenols is 1. The van der Waals surface area contributed by atoms with Gasteiger partial charge in [-0.05, 0) is 68.0 Å². The van der Waals surface area contributed by atoms with Crippen molar-refractivity contribution in [1.29, 1.82) is 0 Å². The minimum absolute atomic E-state index is 0.0194. The predicted molar refractivity (Wildman–Crippen MR) is 133 cm³/mol. The van der Waals surface area contributed by atoms with Crippen molar-refractivity contribution in [1.82, 2.24) is 4.90 Å². The number of hydrogen-bond acceptors (Lipinski definition) is 9. The lowest BCUT2D eigenvalue weighted by Crippen LogP contribution is -2.63. The van der Waals surface area contributed by atoms with Crippen LogP contribution >= 0.6 is 0 Å². The second kappa shape index (κ2) is 9.27. The van der Waals surface area contributed by atoms with Crippen molar-refractivity contribution in [2.75, 3.05) is 21.2 Å². The van der Waals surface area contributed by atoms with E-state index in [2.05, 4.69) is 0 Å². The number of nitrogens with zero attached hydrogens (tertiary/aromatic N) is 1. The Kier molecular flexibility index (Phi) is 6.72. The number of benzene rings is 1. The average molecular weight is 515 g/mol. The molecule has 0 bridgehead atoms. The Morgan fingerprint density at radius 3 is 2.41 bits per heavy atom. The van der Waals surface area contributed by atoms with E-state index in [0.717, 1.165) is 5.56 Å². The first-order valence-electron chi connectivity index (χ1n) is 12.3. The summed E-state index contributed by atoms with van der Waals surface area (Å²) in [5, 5.41) is 45.1. The predicted octanol–water partition coefficient (Wildman–Crippen LogP) is 1.47. The zero-order valence-electron chi connectivity index (χ0n) is 21.7. The highest BCUT2D eigenvalue weighted by atomic mass is 16.5. The van der Waals surface area contributed by atoms with Crippen molar-refractivity contribution in [2.45, 2.75) is 51.4 Å². The summed E-state index contributed by atoms with van der Waals surface area (Å²) in [5.41, 5.74) is 3.63. The number of likely N-dealkylation sites (N-methyl/N-ethyl adjacent to an activating group) is 1. The molecule has 200 valence electrons. The summed E-state index contributed by atoms with van der Waals surface area (Å²) in [6.45, 7) is 4.16. The van der Waals surface area contributed by atoms with Gasteiger partial charge in [0.1, 0.15) is 22.8 Å². The first-order valence-corrected chi connectivity index (χ1v) is 12.3. The number of rotatable bonds is 6. The number of aliphatic hydroxyl groups excluding tert-OH is 2. The Morgan fingerprint density at radius 2 is 1.86 bits per heavy atom. The Hall–Kier alpha value is -3.21. The van der Waals surface area contributed by atoms with Gasteiger partial charge in [-0.3, -0.25) is 19.3 Å². The molecule has 6 N–H and O–H groups in total. The van der Waals surface area contributed by atoms with Gasteiger partial charge in [-0.25, -0.2) is 0 Å². The van der Waals surface area contributed by atoms with Crippen LogP contribution in [0.2, 0.25) is 0 Å². The van der Waals surface area contributed by atoms with Crippen LogP contribution in [-0.2, 0) is 33.8 Å². The van der Waals surface area contributed by atoms with Crippen LogP contribution in [0.15, 0.2) is 28.7 Å². The fourth-order valence-electron chi connectivity index (χ4n) is 6.34. The molecule has 1 aromatic rings. The molecule has 0 aliphatic heterocycles. The maximum atomic E-state index is 13.9. The third-order valence-electron chi connectivity index (χ3n) is 7.82. The number of ketones is 2. The van der Waals surface area contributed by atoms with Crippen molar-refractivity contribution in [3.63, 3.8) is 0 Å². The Bertz CT molecular complexity index is 1260. The Morgan fingerprint density at radius 1 is 1.22 bits per heavy atom. The zero-order chi connectivity index (χ0) is 27.6. The maximum absolute atomic E-state index is 13.9. The van der Waals surface area contributed by atoms with Crippen LogP contribution in [0, 0.1) is 17.8 Å². The minimum atomic E-state index is -2.65. The molecule has 4 atom stereocenters. The SMILES string of the molecule is COCc1cc(CC(C)C)c(O)c2c1C[C@H]1C[C@H]3[C@H](N(C)C)C(O)=C(C(N)=O)C(=O)[C@@]3(O)C(O)=C1C2=O. The smallest absolute Gasteiger partial charge is 0.255 e. The second-order valence-electron chi connectivity index (χ2n) is 10.9. The van der Waals surface area contributed by atoms with Gasteiger partial charge in [0.15, 0.2) is 11.4 Å². The van der Waals surface area contributed by atoms with Crippen molar-refractivity contribution < 1.29 is 39.5 Å². The van der Waals surface area contributed by atoms with Gasteiger partial charge in [0.05, 0.1) is 18.2 Å². The van der Waals surface area contributed by atoms with Gasteiger partial charge in [-0.15, -0.1) is 0 Å². The quantitative estimate of drug-likeness (QED) is 0.353. The van der Waals surface area contributed by atoms with Gasteiger partial charge in [-0.1, -0.05) is 13.8 Å². The number of fused-ring (bicyclic) bond motifs is 3. The molecule has 0 aromatic heterocycles. The number of carbonyl (C=O) groups is 3. The third-order valence-corrected chi connectivity index (χ3v) is 7.82. The fourth-order valence-corrected chi connectivity index (χ4v) is 6.34. The summed E-state index contributed by atoms with van der Waals surface area (Å²) in [6, 6.07) is 0.810. The lowest BCUT2D eigenvalue weighted by molar-refractivity contribution is -0.148. The number of aromatic hydroxyl groups is 1. The summed E-state index contributed by atoms with van der Waals surface area (Å²) >= 11 is 0. The van der Waals surface area contributed by atoms with E-state index in [9.17, 15) is 34.8 Å². The van der Waals surface area contributed by atoms with E-state index in [-0.39, 0.29) is 42.3 Å². The molecule has 0 saturated heterocycles. The summed E-state index contributed by atoms with van der Waals surface area (Å²) in [6.07, 6.45) is 0.786. The maximum Gasteiger partial charge on any atom is 0.255 e. The number of phenolic OH excluding ortho intramolecular Hbond substituents is 1. The lowest BCUT2D eigenvalue weighted by Gasteiger charge is -2.50. The number of methoxy groups -OCH3 is 1. The highest BCUT2D eigenvalue weighted by Crippen LogP contribution is 2.52. The minimum Gasteiger partial charge on any atom is -0.510 e. The first kappa shape index (κ1) is 26.8. The molecule has 0 unspecified atom stereocenters. The monoisotopic (exact) mass is 514 g/mol. The molecule has 10 nitrogen and oxygen atoms in total. The molecule has 4 rings (SSSR count). The van der Waals surface area contributed by atoms with Crippen LogP contribution in [0.4, 0.5) is 0 Å². The standard InChI is InChI=1S/C27H34N2O8/c1-11(2)6-13-7-14(10-37-5)15-8-12-9-16-20(29(3)4)23(32)19(26(28)35)25(34)27(16,36)24(33)17(12)22(31)18(15)21(13)30/h7,11-12,16,20,30,32-33,36H,6,8-10H2,1-5H3,(H2,28,35)/t12-,16-,20-,27-/m0/s1. The summed E-state index contributed by atoms with van der Waals surface area (Å²) < 4.78 is 5.37. The molecule has 0 spiro atoms. The third kappa shape index (κ3) is 3.86. The highest BCUT2D eigenvalue weighted by molar-refractivity contribution is 6.24. The molecule has 0 saturated carbocycles. The van der Waals surface area contributed by atoms with E-state index in [0.29, 0.717) is 17.5 Å². The van der Waals surface area contributed by atoms with E-state index in [1.807, 2.05) is 19.9 Å². The molecule has 37 heavy (non-hydrogen) atoms. The number of ether oxygens (including phenoxy) is 1. The Labute approximate surface area is 215 Å². The average Bonchev–Trinajstić information content (AvgIpc) is 2.78. The summed E-state index contributed by atoms with van der Waals surface area (Å²) in [4.78, 5) is 40.9. The molecule has 3 aliphatic carbocycles. The van der Waals surface area contributed by atoms with Crippen molar-refractivity contribution in [3.05, 3.63) is 51.0 Å². The van der Waals surface area contributed by atoms with E-state index in [1.54, 1.807) is 14.1 Å². The number of Topliss-reactive ketones (excluding diaryl/α,β-unsaturated/α-hetero) is 2. The van der Waals surface area contributed by atoms with Crippen molar-refractivity contribution >= 4 is 17.5 Å². The van der Waals surface area contributed by atoms with Crippen LogP contribution in [0.1, 0.15) is 47.3 Å². The number of nitrogens with two attached hydrogens (primary N) is 1. The van der Waals surface area contributed by atoms with Gasteiger partial charge in [0.25, 0.3) is 5.91 Å². The molecule has 1 aromatic carbocycles. The number of hydrogen-bond donors (Lipinski definition) is 5. The number of aliphatic hydroxyl groups is 3. The van der Waals surface area contributed by atoms with Gasteiger partial charge < -0.3 is 30.9 Å². The molecule has 0 heterocycles. The van der Waals surface area contributed by atoms with Crippen LogP contribution < -0.4 is 5.73 Å². The number of amides is 1. The molecule has 0 fully saturated rings. The topological polar surface area (TPSA) is 171 Å². The molecule has 10 heteroatoms. The van der Waals surface area contributed by atoms with Gasteiger partial charge in [0.2, 0.25) is 5.78 Å². The lowest BCUT2D eigenvalue weighted by atomic mass is 9.58. The summed E-state index contributed by atoms with van der Waals surface area (Å²) in [7, 11) is 4.72. The normalized spacial score (nSPS) is 27.5. The van der Waals surface area contributed by atoms with Crippen LogP contribution in [0.25, 0.3) is 0 Å². The number of primary amides is 1. The van der Waals surface area contributed by atoms with Gasteiger partial charge >= 0.3 is 0 Å². The van der Waals surface area contributed by atoms with Gasteiger partial charge in [0, 0.05) is 18.6 Å². The number of allylic oxidation sites excluding steroid dienone is 1. The van der Waals surface area contributed by atoms with Crippen LogP contribution in [0.3, 0.4) is 0 Å². The summed E-state index contributed by atoms with van der Waals surface area (Å²) in [5.74, 6) is -6.33. The molecule has 3 aliphatic rings. The molecule has 1 amide bonds. The van der Waals surface area contributed by atoms with E-state index >= 15 is 0 Å². The molecular formula is C27H34N2O8. The Balaban J connectivity index is 1.96.